The van der Waals surface area contributed by atoms with Crippen LogP contribution >= 0.6 is 0 Å². The summed E-state index contributed by atoms with van der Waals surface area (Å²) >= 11 is 0. The second kappa shape index (κ2) is 7.35. The lowest BCUT2D eigenvalue weighted by atomic mass is 10.0. The normalized spacial score (nSPS) is 11.0. The Labute approximate surface area is 148 Å². The van der Waals surface area contributed by atoms with Crippen molar-refractivity contribution in [1.29, 1.82) is 0 Å². The van der Waals surface area contributed by atoms with Gasteiger partial charge in [-0.15, -0.1) is 0 Å². The van der Waals surface area contributed by atoms with E-state index < -0.39 is 5.63 Å². The van der Waals surface area contributed by atoms with Crippen molar-refractivity contribution in [3.8, 4) is 11.5 Å². The average Bonchev–Trinajstić information content (AvgIpc) is 3.08. The molecule has 2 heterocycles. The molecule has 26 heavy (non-hydrogen) atoms. The Morgan fingerprint density at radius 1 is 1.27 bits per heavy atom. The quantitative estimate of drug-likeness (QED) is 0.461. The van der Waals surface area contributed by atoms with E-state index in [4.69, 9.17) is 8.83 Å². The summed E-state index contributed by atoms with van der Waals surface area (Å²) in [4.78, 5) is 24.3. The second-order valence-corrected chi connectivity index (χ2v) is 6.04. The lowest BCUT2D eigenvalue weighted by Crippen LogP contribution is -2.28. The van der Waals surface area contributed by atoms with Gasteiger partial charge >= 0.3 is 5.63 Å². The van der Waals surface area contributed by atoms with Crippen LogP contribution in [0.1, 0.15) is 23.3 Å². The third kappa shape index (κ3) is 3.72. The first kappa shape index (κ1) is 17.6. The highest BCUT2D eigenvalue weighted by Crippen LogP contribution is 2.32. The number of fused-ring (bicyclic) bond motifs is 1. The Kier molecular flexibility index (Phi) is 4.97. The van der Waals surface area contributed by atoms with Crippen molar-refractivity contribution in [2.45, 2.75) is 26.2 Å². The van der Waals surface area contributed by atoms with Crippen LogP contribution in [0.2, 0.25) is 0 Å². The molecule has 1 aromatic carbocycles. The molecule has 0 spiro atoms. The van der Waals surface area contributed by atoms with Crippen molar-refractivity contribution in [1.82, 2.24) is 5.32 Å². The monoisotopic (exact) mass is 357 g/mol. The fourth-order valence-corrected chi connectivity index (χ4v) is 2.88. The fraction of sp³-hybridized carbons (Fsp3) is 0.263. The maximum atomic E-state index is 12.2. The fourth-order valence-electron chi connectivity index (χ4n) is 2.88. The molecule has 0 aliphatic carbocycles. The van der Waals surface area contributed by atoms with Gasteiger partial charge in [-0.1, -0.05) is 0 Å². The third-order valence-corrected chi connectivity index (χ3v) is 4.18. The van der Waals surface area contributed by atoms with Gasteiger partial charge in [-0.05, 0) is 31.0 Å². The number of aromatic hydroxyl groups is 2. The van der Waals surface area contributed by atoms with Crippen molar-refractivity contribution < 1.29 is 23.8 Å². The van der Waals surface area contributed by atoms with Crippen molar-refractivity contribution in [2.24, 2.45) is 0 Å². The first-order chi connectivity index (χ1) is 12.5. The van der Waals surface area contributed by atoms with E-state index in [2.05, 4.69) is 5.32 Å². The number of carbonyl (C=O) groups is 1. The van der Waals surface area contributed by atoms with Gasteiger partial charge in [0.05, 0.1) is 23.6 Å². The van der Waals surface area contributed by atoms with E-state index in [1.807, 2.05) is 12.1 Å². The molecule has 7 heteroatoms. The van der Waals surface area contributed by atoms with E-state index in [0.717, 1.165) is 11.8 Å². The molecule has 1 amide bonds. The largest absolute Gasteiger partial charge is 0.508 e. The molecule has 0 aliphatic rings. The van der Waals surface area contributed by atoms with Crippen molar-refractivity contribution >= 4 is 16.9 Å². The van der Waals surface area contributed by atoms with E-state index in [9.17, 15) is 19.8 Å². The van der Waals surface area contributed by atoms with E-state index in [1.165, 1.54) is 6.07 Å². The van der Waals surface area contributed by atoms with Gasteiger partial charge in [-0.3, -0.25) is 4.79 Å². The third-order valence-electron chi connectivity index (χ3n) is 4.18. The molecule has 136 valence electrons. The van der Waals surface area contributed by atoms with E-state index in [0.29, 0.717) is 30.3 Å². The Morgan fingerprint density at radius 3 is 2.81 bits per heavy atom. The Balaban J connectivity index is 1.70. The minimum atomic E-state index is -0.661. The van der Waals surface area contributed by atoms with Crippen LogP contribution < -0.4 is 10.9 Å². The zero-order valence-corrected chi connectivity index (χ0v) is 14.2. The average molecular weight is 357 g/mol. The van der Waals surface area contributed by atoms with Crippen LogP contribution in [-0.4, -0.2) is 22.7 Å². The standard InChI is InChI=1S/C19H19NO6/c1-11-14(10-17(23)20-6-2-4-13-5-3-7-25-13)19(24)26-16-9-12(21)8-15(22)18(11)16/h3,5,7-9,21-22H,2,4,6,10H2,1H3,(H,20,23). The molecule has 0 fully saturated rings. The number of amides is 1. The predicted octanol–water partition coefficient (Wildman–Crippen LogP) is 2.40. The summed E-state index contributed by atoms with van der Waals surface area (Å²) in [5, 5.41) is 22.6. The number of hydrogen-bond donors (Lipinski definition) is 3. The number of furan rings is 1. The first-order valence-electron chi connectivity index (χ1n) is 8.23. The van der Waals surface area contributed by atoms with Crippen LogP contribution in [0, 0.1) is 6.92 Å². The summed E-state index contributed by atoms with van der Waals surface area (Å²) in [6.07, 6.45) is 2.88. The van der Waals surface area contributed by atoms with Crippen molar-refractivity contribution in [3.63, 3.8) is 0 Å². The summed E-state index contributed by atoms with van der Waals surface area (Å²) < 4.78 is 10.4. The minimum Gasteiger partial charge on any atom is -0.508 e. The molecule has 0 unspecified atom stereocenters. The number of phenols is 2. The molecule has 3 N–H and O–H groups in total. The van der Waals surface area contributed by atoms with Gasteiger partial charge in [-0.2, -0.15) is 0 Å². The van der Waals surface area contributed by atoms with Gasteiger partial charge < -0.3 is 24.4 Å². The number of nitrogens with one attached hydrogen (secondary N) is 1. The van der Waals surface area contributed by atoms with Crippen molar-refractivity contribution in [2.75, 3.05) is 6.54 Å². The zero-order chi connectivity index (χ0) is 18.7. The van der Waals surface area contributed by atoms with Gasteiger partial charge in [0.25, 0.3) is 0 Å². The van der Waals surface area contributed by atoms with E-state index in [1.54, 1.807) is 13.2 Å². The Morgan fingerprint density at radius 2 is 2.08 bits per heavy atom. The highest BCUT2D eigenvalue weighted by Gasteiger charge is 2.17. The molecule has 0 saturated heterocycles. The molecular formula is C19H19NO6. The lowest BCUT2D eigenvalue weighted by molar-refractivity contribution is -0.120. The topological polar surface area (TPSA) is 113 Å². The lowest BCUT2D eigenvalue weighted by Gasteiger charge is -2.10. The molecule has 7 nitrogen and oxygen atoms in total. The van der Waals surface area contributed by atoms with Crippen LogP contribution in [0.25, 0.3) is 11.0 Å². The first-order valence-corrected chi connectivity index (χ1v) is 8.23. The van der Waals surface area contributed by atoms with Crippen LogP contribution in [0.4, 0.5) is 0 Å². The van der Waals surface area contributed by atoms with Gasteiger partial charge in [0, 0.05) is 25.1 Å². The molecule has 0 bridgehead atoms. The Hall–Kier alpha value is -3.22. The maximum Gasteiger partial charge on any atom is 0.340 e. The van der Waals surface area contributed by atoms with Crippen LogP contribution in [0.15, 0.2) is 44.2 Å². The number of aryl methyl sites for hydroxylation is 2. The van der Waals surface area contributed by atoms with Crippen LogP contribution in [0.5, 0.6) is 11.5 Å². The number of rotatable bonds is 6. The van der Waals surface area contributed by atoms with E-state index >= 15 is 0 Å². The number of carbonyl (C=O) groups excluding carboxylic acids is 1. The minimum absolute atomic E-state index is 0.0765. The zero-order valence-electron chi connectivity index (χ0n) is 14.2. The van der Waals surface area contributed by atoms with E-state index in [-0.39, 0.29) is 35.0 Å². The molecule has 2 aromatic heterocycles. The molecule has 0 saturated carbocycles. The molecule has 0 aliphatic heterocycles. The molecular weight excluding hydrogens is 338 g/mol. The predicted molar refractivity (Wildman–Crippen MR) is 94.3 cm³/mol. The summed E-state index contributed by atoms with van der Waals surface area (Å²) in [5.41, 5.74) is 0.0554. The van der Waals surface area contributed by atoms with Gasteiger partial charge in [0.1, 0.15) is 22.8 Å². The molecule has 3 aromatic rings. The van der Waals surface area contributed by atoms with Crippen molar-refractivity contribution in [3.05, 3.63) is 57.8 Å². The summed E-state index contributed by atoms with van der Waals surface area (Å²) in [6.45, 7) is 2.09. The summed E-state index contributed by atoms with van der Waals surface area (Å²) in [6, 6.07) is 6.09. The highest BCUT2D eigenvalue weighted by molar-refractivity contribution is 5.89. The maximum absolute atomic E-state index is 12.2. The number of benzene rings is 1. The summed E-state index contributed by atoms with van der Waals surface area (Å²) in [7, 11) is 0. The van der Waals surface area contributed by atoms with Gasteiger partial charge in [0.15, 0.2) is 0 Å². The van der Waals surface area contributed by atoms with Gasteiger partial charge in [0.2, 0.25) is 5.91 Å². The second-order valence-electron chi connectivity index (χ2n) is 6.04. The summed E-state index contributed by atoms with van der Waals surface area (Å²) in [5.74, 6) is 0.127. The van der Waals surface area contributed by atoms with Crippen LogP contribution in [-0.2, 0) is 17.6 Å². The Bertz CT molecular complexity index is 987. The number of phenolic OH excluding ortho intramolecular Hbond substituents is 2. The SMILES string of the molecule is Cc1c(CC(=O)NCCCc2ccco2)c(=O)oc2cc(O)cc(O)c12. The molecule has 0 radical (unpaired) electrons. The smallest absolute Gasteiger partial charge is 0.340 e. The highest BCUT2D eigenvalue weighted by atomic mass is 16.4. The van der Waals surface area contributed by atoms with Crippen LogP contribution in [0.3, 0.4) is 0 Å². The molecule has 0 atom stereocenters. The van der Waals surface area contributed by atoms with Gasteiger partial charge in [-0.25, -0.2) is 4.79 Å². The molecule has 3 rings (SSSR count). The number of hydrogen-bond acceptors (Lipinski definition) is 6.